The third-order valence-corrected chi connectivity index (χ3v) is 4.17. The van der Waals surface area contributed by atoms with Crippen LogP contribution < -0.4 is 16.0 Å². The van der Waals surface area contributed by atoms with Crippen LogP contribution in [0.1, 0.15) is 78.7 Å². The topological polar surface area (TPSA) is 101 Å². The molecule has 0 aromatic carbocycles. The lowest BCUT2D eigenvalue weighted by atomic mass is 9.99. The highest BCUT2D eigenvalue weighted by Gasteiger charge is 2.24. The zero-order valence-electron chi connectivity index (χ0n) is 19.0. The maximum Gasteiger partial charge on any atom is 0.408 e. The van der Waals surface area contributed by atoms with Crippen molar-refractivity contribution in [2.24, 2.45) is 4.99 Å². The van der Waals surface area contributed by atoms with Crippen molar-refractivity contribution >= 4 is 36.0 Å². The first-order chi connectivity index (χ1) is 13.0. The number of aliphatic imine (C=N–C) groups is 1. The number of aromatic nitrogens is 1. The Morgan fingerprint density at radius 2 is 1.83 bits per heavy atom. The van der Waals surface area contributed by atoms with Gasteiger partial charge >= 0.3 is 6.09 Å². The van der Waals surface area contributed by atoms with Gasteiger partial charge in [-0.1, -0.05) is 19.0 Å². The number of carbonyl (C=O) groups excluding carboxylic acids is 1. The van der Waals surface area contributed by atoms with E-state index in [-0.39, 0.29) is 24.0 Å². The van der Waals surface area contributed by atoms with Crippen LogP contribution in [-0.2, 0) is 11.3 Å². The Balaban J connectivity index is 0.00000784. The average Bonchev–Trinajstić information content (AvgIpc) is 3.02. The molecule has 1 heterocycles. The summed E-state index contributed by atoms with van der Waals surface area (Å²) >= 11 is 0. The zero-order valence-corrected chi connectivity index (χ0v) is 21.3. The quantitative estimate of drug-likeness (QED) is 0.269. The number of nitrogens with zero attached hydrogens (tertiary/aromatic N) is 2. The van der Waals surface area contributed by atoms with Crippen molar-refractivity contribution in [3.05, 3.63) is 17.5 Å². The first-order valence-corrected chi connectivity index (χ1v) is 9.90. The van der Waals surface area contributed by atoms with Crippen LogP contribution >= 0.6 is 24.0 Å². The van der Waals surface area contributed by atoms with Gasteiger partial charge in [-0.15, -0.1) is 24.0 Å². The van der Waals surface area contributed by atoms with Crippen LogP contribution in [0.15, 0.2) is 15.6 Å². The van der Waals surface area contributed by atoms with E-state index in [4.69, 9.17) is 9.26 Å². The van der Waals surface area contributed by atoms with E-state index in [2.05, 4.69) is 39.9 Å². The average molecular weight is 523 g/mol. The van der Waals surface area contributed by atoms with Crippen molar-refractivity contribution in [1.29, 1.82) is 0 Å². The second kappa shape index (κ2) is 12.2. The molecule has 9 heteroatoms. The molecule has 0 aliphatic rings. The number of carbonyl (C=O) groups is 1. The molecule has 0 spiro atoms. The third-order valence-electron chi connectivity index (χ3n) is 4.17. The van der Waals surface area contributed by atoms with Crippen LogP contribution in [-0.4, -0.2) is 41.9 Å². The Morgan fingerprint density at radius 1 is 1.21 bits per heavy atom. The van der Waals surface area contributed by atoms with E-state index < -0.39 is 17.2 Å². The fourth-order valence-electron chi connectivity index (χ4n) is 2.63. The summed E-state index contributed by atoms with van der Waals surface area (Å²) in [5.41, 5.74) is -0.0581. The number of hydrogen-bond acceptors (Lipinski definition) is 5. The summed E-state index contributed by atoms with van der Waals surface area (Å²) in [5.74, 6) is 1.80. The molecule has 0 unspecified atom stereocenters. The Kier molecular flexibility index (Phi) is 11.6. The van der Waals surface area contributed by atoms with Gasteiger partial charge in [0.15, 0.2) is 11.7 Å². The highest BCUT2D eigenvalue weighted by molar-refractivity contribution is 14.0. The van der Waals surface area contributed by atoms with Crippen LogP contribution in [0.25, 0.3) is 0 Å². The number of ether oxygens (including phenoxy) is 1. The van der Waals surface area contributed by atoms with Gasteiger partial charge in [-0.3, -0.25) is 4.99 Å². The molecule has 0 saturated heterocycles. The van der Waals surface area contributed by atoms with E-state index in [0.29, 0.717) is 25.0 Å². The first kappa shape index (κ1) is 27.5. The molecule has 1 aromatic heterocycles. The molecule has 0 aliphatic carbocycles. The molecule has 0 bridgehead atoms. The first-order valence-electron chi connectivity index (χ1n) is 9.90. The maximum atomic E-state index is 12.0. The van der Waals surface area contributed by atoms with Crippen molar-refractivity contribution in [3.8, 4) is 0 Å². The van der Waals surface area contributed by atoms with Crippen LogP contribution in [0, 0.1) is 0 Å². The second-order valence-electron chi connectivity index (χ2n) is 8.52. The molecule has 1 aromatic rings. The van der Waals surface area contributed by atoms with Crippen LogP contribution in [0.2, 0.25) is 0 Å². The van der Waals surface area contributed by atoms with E-state index in [1.807, 2.05) is 40.7 Å². The molecule has 0 fully saturated rings. The van der Waals surface area contributed by atoms with E-state index in [0.717, 1.165) is 24.3 Å². The Labute approximate surface area is 192 Å². The van der Waals surface area contributed by atoms with E-state index >= 15 is 0 Å². The van der Waals surface area contributed by atoms with Gasteiger partial charge in [0.25, 0.3) is 0 Å². The summed E-state index contributed by atoms with van der Waals surface area (Å²) in [7, 11) is 1.69. The molecule has 3 N–H and O–H groups in total. The van der Waals surface area contributed by atoms with Crippen molar-refractivity contribution in [3.63, 3.8) is 0 Å². The second-order valence-corrected chi connectivity index (χ2v) is 8.52. The summed E-state index contributed by atoms with van der Waals surface area (Å²) in [6, 6.07) is 1.99. The number of amides is 1. The van der Waals surface area contributed by atoms with Gasteiger partial charge in [-0.2, -0.15) is 0 Å². The van der Waals surface area contributed by atoms with Crippen molar-refractivity contribution in [2.45, 2.75) is 84.9 Å². The Morgan fingerprint density at radius 3 is 2.34 bits per heavy atom. The molecule has 0 atom stereocenters. The predicted octanol–water partition coefficient (Wildman–Crippen LogP) is 4.16. The standard InChI is InChI=1S/C20H37N5O3.HI/c1-9-14(10-2)16-11-15(28-25-16)12-22-17(21-8)23-13-20(6,7)24-18(26)27-19(3,4)5;/h11,14H,9-10,12-13H2,1-8H3,(H,24,26)(H2,21,22,23);1H. The van der Waals surface area contributed by atoms with Crippen LogP contribution in [0.3, 0.4) is 0 Å². The number of halogens is 1. The van der Waals surface area contributed by atoms with Gasteiger partial charge in [0, 0.05) is 25.6 Å². The highest BCUT2D eigenvalue weighted by Crippen LogP contribution is 2.22. The third kappa shape index (κ3) is 10.7. The molecule has 1 amide bonds. The molecule has 0 radical (unpaired) electrons. The molecule has 168 valence electrons. The van der Waals surface area contributed by atoms with Gasteiger partial charge in [0.2, 0.25) is 0 Å². The summed E-state index contributed by atoms with van der Waals surface area (Å²) in [4.78, 5) is 16.2. The summed E-state index contributed by atoms with van der Waals surface area (Å²) in [6.07, 6.45) is 1.63. The van der Waals surface area contributed by atoms with Gasteiger partial charge in [-0.05, 0) is 47.5 Å². The summed E-state index contributed by atoms with van der Waals surface area (Å²) < 4.78 is 10.7. The van der Waals surface area contributed by atoms with E-state index in [1.165, 1.54) is 0 Å². The summed E-state index contributed by atoms with van der Waals surface area (Å²) in [5, 5.41) is 13.4. The summed E-state index contributed by atoms with van der Waals surface area (Å²) in [6.45, 7) is 14.6. The lowest BCUT2D eigenvalue weighted by Gasteiger charge is -2.29. The van der Waals surface area contributed by atoms with Crippen molar-refractivity contribution < 1.29 is 14.1 Å². The fraction of sp³-hybridized carbons (Fsp3) is 0.750. The minimum absolute atomic E-state index is 0. The maximum absolute atomic E-state index is 12.0. The molecular weight excluding hydrogens is 485 g/mol. The van der Waals surface area contributed by atoms with Gasteiger partial charge in [0.1, 0.15) is 5.60 Å². The number of nitrogens with one attached hydrogen (secondary N) is 3. The largest absolute Gasteiger partial charge is 0.444 e. The monoisotopic (exact) mass is 523 g/mol. The van der Waals surface area contributed by atoms with Gasteiger partial charge in [-0.25, -0.2) is 4.79 Å². The van der Waals surface area contributed by atoms with Crippen LogP contribution in [0.4, 0.5) is 4.79 Å². The minimum Gasteiger partial charge on any atom is -0.444 e. The smallest absolute Gasteiger partial charge is 0.408 e. The van der Waals surface area contributed by atoms with Crippen molar-refractivity contribution in [2.75, 3.05) is 13.6 Å². The molecule has 8 nitrogen and oxygen atoms in total. The van der Waals surface area contributed by atoms with E-state index in [9.17, 15) is 4.79 Å². The number of guanidine groups is 1. The molecule has 1 rings (SSSR count). The van der Waals surface area contributed by atoms with Gasteiger partial charge < -0.3 is 25.2 Å². The molecule has 29 heavy (non-hydrogen) atoms. The van der Waals surface area contributed by atoms with Crippen LogP contribution in [0.5, 0.6) is 0 Å². The molecule has 0 aliphatic heterocycles. The zero-order chi connectivity index (χ0) is 21.4. The highest BCUT2D eigenvalue weighted by atomic mass is 127. The Bertz CT molecular complexity index is 649. The van der Waals surface area contributed by atoms with E-state index in [1.54, 1.807) is 7.05 Å². The van der Waals surface area contributed by atoms with Gasteiger partial charge in [0.05, 0.1) is 17.8 Å². The SMILES string of the molecule is CCC(CC)c1cc(CNC(=NC)NCC(C)(C)NC(=O)OC(C)(C)C)on1.I. The lowest BCUT2D eigenvalue weighted by molar-refractivity contribution is 0.0474. The number of rotatable bonds is 8. The van der Waals surface area contributed by atoms with Crippen molar-refractivity contribution in [1.82, 2.24) is 21.1 Å². The molecular formula is C20H38IN5O3. The predicted molar refractivity (Wildman–Crippen MR) is 127 cm³/mol. The number of alkyl carbamates (subject to hydrolysis) is 1. The Hall–Kier alpha value is -1.52. The lowest BCUT2D eigenvalue weighted by Crippen LogP contribution is -2.54. The number of hydrogen-bond donors (Lipinski definition) is 3. The normalized spacial score (nSPS) is 12.4. The fourth-order valence-corrected chi connectivity index (χ4v) is 2.63. The minimum atomic E-state index is -0.532. The molecule has 0 saturated carbocycles.